The Balaban J connectivity index is 1.90. The molecule has 0 radical (unpaired) electrons. The van der Waals surface area contributed by atoms with Crippen LogP contribution in [0, 0.1) is 0 Å². The minimum atomic E-state index is -0.240. The number of ether oxygens (including phenoxy) is 1. The minimum Gasteiger partial charge on any atom is -0.483 e. The Bertz CT molecular complexity index is 668. The highest BCUT2D eigenvalue weighted by Crippen LogP contribution is 2.25. The zero-order valence-corrected chi connectivity index (χ0v) is 13.7. The number of anilines is 1. The summed E-state index contributed by atoms with van der Waals surface area (Å²) in [6.07, 6.45) is 1.71. The number of benzene rings is 2. The molecule has 0 aromatic heterocycles. The van der Waals surface area contributed by atoms with Gasteiger partial charge in [-0.25, -0.2) is 0 Å². The van der Waals surface area contributed by atoms with Crippen molar-refractivity contribution in [3.63, 3.8) is 0 Å². The third-order valence-electron chi connectivity index (χ3n) is 3.10. The van der Waals surface area contributed by atoms with Gasteiger partial charge in [-0.15, -0.1) is 0 Å². The number of hydrogen-bond donors (Lipinski definition) is 1. The molecular weight excluding hydrogens is 346 g/mol. The number of carbonyl (C=O) groups is 2. The van der Waals surface area contributed by atoms with E-state index in [9.17, 15) is 9.59 Å². The van der Waals surface area contributed by atoms with Crippen molar-refractivity contribution >= 4 is 33.8 Å². The lowest BCUT2D eigenvalue weighted by atomic mass is 10.1. The number of rotatable bonds is 6. The molecule has 22 heavy (non-hydrogen) atoms. The molecule has 1 N–H and O–H groups in total. The summed E-state index contributed by atoms with van der Waals surface area (Å²) in [6, 6.07) is 12.6. The van der Waals surface area contributed by atoms with Gasteiger partial charge in [0.05, 0.1) is 4.47 Å². The predicted octanol–water partition coefficient (Wildman–Crippen LogP) is 3.84. The molecule has 0 saturated carbocycles. The van der Waals surface area contributed by atoms with E-state index in [1.54, 1.807) is 18.2 Å². The quantitative estimate of drug-likeness (QED) is 0.795. The molecule has 114 valence electrons. The second-order valence-corrected chi connectivity index (χ2v) is 5.55. The van der Waals surface area contributed by atoms with Crippen LogP contribution in [0.4, 0.5) is 5.69 Å². The zero-order valence-electron chi connectivity index (χ0n) is 12.1. The Labute approximate surface area is 137 Å². The third-order valence-corrected chi connectivity index (χ3v) is 3.72. The van der Waals surface area contributed by atoms with Crippen LogP contribution in [0.1, 0.15) is 22.8 Å². The van der Waals surface area contributed by atoms with Crippen LogP contribution < -0.4 is 10.1 Å². The first-order chi connectivity index (χ1) is 10.6. The fourth-order valence-electron chi connectivity index (χ4n) is 1.87. The molecule has 4 nitrogen and oxygen atoms in total. The zero-order chi connectivity index (χ0) is 15.9. The molecule has 1 amide bonds. The predicted molar refractivity (Wildman–Crippen MR) is 89.5 cm³/mol. The average Bonchev–Trinajstić information content (AvgIpc) is 2.54. The second-order valence-electron chi connectivity index (χ2n) is 4.70. The normalized spacial score (nSPS) is 10.1. The smallest absolute Gasteiger partial charge is 0.262 e. The SMILES string of the molecule is CCc1ccc(NC(=O)COc2ccc(C=O)cc2Br)cc1. The standard InChI is InChI=1S/C17H16BrNO3/c1-2-12-3-6-14(7-4-12)19-17(21)11-22-16-8-5-13(10-20)9-15(16)18/h3-10H,2,11H2,1H3,(H,19,21). The number of hydrogen-bond acceptors (Lipinski definition) is 3. The lowest BCUT2D eigenvalue weighted by Gasteiger charge is -2.09. The number of aldehydes is 1. The van der Waals surface area contributed by atoms with Gasteiger partial charge in [-0.2, -0.15) is 0 Å². The lowest BCUT2D eigenvalue weighted by molar-refractivity contribution is -0.118. The van der Waals surface area contributed by atoms with Crippen molar-refractivity contribution in [2.75, 3.05) is 11.9 Å². The number of aryl methyl sites for hydroxylation is 1. The Kier molecular flexibility index (Phi) is 5.72. The molecule has 2 aromatic rings. The number of amides is 1. The van der Waals surface area contributed by atoms with Crippen molar-refractivity contribution < 1.29 is 14.3 Å². The summed E-state index contributed by atoms with van der Waals surface area (Å²) < 4.78 is 6.08. The summed E-state index contributed by atoms with van der Waals surface area (Å²) in [6.45, 7) is 1.98. The molecule has 2 rings (SSSR count). The Morgan fingerprint density at radius 2 is 1.95 bits per heavy atom. The summed E-state index contributed by atoms with van der Waals surface area (Å²) >= 11 is 3.31. The fourth-order valence-corrected chi connectivity index (χ4v) is 2.38. The minimum absolute atomic E-state index is 0.103. The largest absolute Gasteiger partial charge is 0.483 e. The van der Waals surface area contributed by atoms with Gasteiger partial charge in [0.15, 0.2) is 6.61 Å². The van der Waals surface area contributed by atoms with Crippen LogP contribution >= 0.6 is 15.9 Å². The van der Waals surface area contributed by atoms with E-state index in [-0.39, 0.29) is 12.5 Å². The van der Waals surface area contributed by atoms with Gasteiger partial charge < -0.3 is 10.1 Å². The Morgan fingerprint density at radius 3 is 2.55 bits per heavy atom. The van der Waals surface area contributed by atoms with Gasteiger partial charge in [0.2, 0.25) is 0 Å². The van der Waals surface area contributed by atoms with Crippen LogP contribution in [0.25, 0.3) is 0 Å². The monoisotopic (exact) mass is 361 g/mol. The van der Waals surface area contributed by atoms with E-state index in [4.69, 9.17) is 4.74 Å². The van der Waals surface area contributed by atoms with Crippen molar-refractivity contribution in [1.82, 2.24) is 0 Å². The molecule has 0 fully saturated rings. The van der Waals surface area contributed by atoms with E-state index in [2.05, 4.69) is 28.2 Å². The second kappa shape index (κ2) is 7.75. The van der Waals surface area contributed by atoms with Crippen molar-refractivity contribution in [2.45, 2.75) is 13.3 Å². The summed E-state index contributed by atoms with van der Waals surface area (Å²) in [5, 5.41) is 2.77. The number of halogens is 1. The first-order valence-electron chi connectivity index (χ1n) is 6.88. The van der Waals surface area contributed by atoms with Crippen LogP contribution in [-0.2, 0) is 11.2 Å². The van der Waals surface area contributed by atoms with Gasteiger partial charge in [-0.05, 0) is 58.2 Å². The maximum atomic E-state index is 11.9. The van der Waals surface area contributed by atoms with E-state index in [0.29, 0.717) is 15.8 Å². The van der Waals surface area contributed by atoms with Crippen molar-refractivity contribution in [2.24, 2.45) is 0 Å². The molecule has 0 spiro atoms. The molecule has 0 bridgehead atoms. The molecule has 0 atom stereocenters. The van der Waals surface area contributed by atoms with Crippen LogP contribution in [0.3, 0.4) is 0 Å². The van der Waals surface area contributed by atoms with Crippen LogP contribution in [0.2, 0.25) is 0 Å². The van der Waals surface area contributed by atoms with Crippen molar-refractivity contribution in [3.8, 4) is 5.75 Å². The maximum absolute atomic E-state index is 11.9. The molecule has 2 aromatic carbocycles. The number of carbonyl (C=O) groups excluding carboxylic acids is 2. The summed E-state index contributed by atoms with van der Waals surface area (Å²) in [5.74, 6) is 0.276. The molecule has 0 saturated heterocycles. The summed E-state index contributed by atoms with van der Waals surface area (Å²) in [5.41, 5.74) is 2.49. The number of nitrogens with one attached hydrogen (secondary N) is 1. The summed E-state index contributed by atoms with van der Waals surface area (Å²) in [7, 11) is 0. The van der Waals surface area contributed by atoms with E-state index < -0.39 is 0 Å². The van der Waals surface area contributed by atoms with Crippen LogP contribution in [0.5, 0.6) is 5.75 Å². The Morgan fingerprint density at radius 1 is 1.23 bits per heavy atom. The molecule has 5 heteroatoms. The molecule has 0 aliphatic rings. The average molecular weight is 362 g/mol. The molecule has 0 aliphatic heterocycles. The molecular formula is C17H16BrNO3. The van der Waals surface area contributed by atoms with Gasteiger partial charge >= 0.3 is 0 Å². The highest BCUT2D eigenvalue weighted by molar-refractivity contribution is 9.10. The van der Waals surface area contributed by atoms with E-state index in [0.717, 1.165) is 18.4 Å². The van der Waals surface area contributed by atoms with E-state index in [1.165, 1.54) is 5.56 Å². The van der Waals surface area contributed by atoms with Crippen molar-refractivity contribution in [1.29, 1.82) is 0 Å². The highest BCUT2D eigenvalue weighted by Gasteiger charge is 2.07. The lowest BCUT2D eigenvalue weighted by Crippen LogP contribution is -2.20. The molecule has 0 aliphatic carbocycles. The first-order valence-corrected chi connectivity index (χ1v) is 7.68. The van der Waals surface area contributed by atoms with Gasteiger partial charge in [0.1, 0.15) is 12.0 Å². The highest BCUT2D eigenvalue weighted by atomic mass is 79.9. The van der Waals surface area contributed by atoms with Gasteiger partial charge in [0.25, 0.3) is 5.91 Å². The third kappa shape index (κ3) is 4.43. The topological polar surface area (TPSA) is 55.4 Å². The van der Waals surface area contributed by atoms with Gasteiger partial charge in [-0.3, -0.25) is 9.59 Å². The Hall–Kier alpha value is -2.14. The molecule has 0 heterocycles. The summed E-state index contributed by atoms with van der Waals surface area (Å²) in [4.78, 5) is 22.5. The van der Waals surface area contributed by atoms with Gasteiger partial charge in [-0.1, -0.05) is 19.1 Å². The van der Waals surface area contributed by atoms with Crippen molar-refractivity contribution in [3.05, 3.63) is 58.1 Å². The first kappa shape index (κ1) is 16.2. The van der Waals surface area contributed by atoms with E-state index in [1.807, 2.05) is 24.3 Å². The maximum Gasteiger partial charge on any atom is 0.262 e. The van der Waals surface area contributed by atoms with E-state index >= 15 is 0 Å². The van der Waals surface area contributed by atoms with Crippen LogP contribution in [-0.4, -0.2) is 18.8 Å². The molecule has 0 unspecified atom stereocenters. The fraction of sp³-hybridized carbons (Fsp3) is 0.176. The van der Waals surface area contributed by atoms with Crippen LogP contribution in [0.15, 0.2) is 46.9 Å². The van der Waals surface area contributed by atoms with Gasteiger partial charge in [0, 0.05) is 11.3 Å².